The van der Waals surface area contributed by atoms with Crippen molar-refractivity contribution < 1.29 is 22.7 Å². The first kappa shape index (κ1) is 25.1. The average molecular weight is 487 g/mol. The summed E-state index contributed by atoms with van der Waals surface area (Å²) in [4.78, 5) is 27.6. The van der Waals surface area contributed by atoms with Crippen molar-refractivity contribution >= 4 is 38.4 Å². The largest absolute Gasteiger partial charge is 0.465 e. The minimum atomic E-state index is -3.49. The maximum absolute atomic E-state index is 13.0. The van der Waals surface area contributed by atoms with Crippen LogP contribution in [0, 0.1) is 13.8 Å². The Balaban J connectivity index is 1.54. The van der Waals surface area contributed by atoms with Crippen LogP contribution in [0.25, 0.3) is 0 Å². The molecule has 2 fully saturated rings. The van der Waals surface area contributed by atoms with E-state index in [9.17, 15) is 18.0 Å². The highest BCUT2D eigenvalue weighted by Gasteiger charge is 2.35. The van der Waals surface area contributed by atoms with Gasteiger partial charge in [-0.2, -0.15) is 17.0 Å². The van der Waals surface area contributed by atoms with Gasteiger partial charge in [0.05, 0.1) is 19.2 Å². The number of ether oxygens (including phenoxy) is 1. The molecule has 180 valence electrons. The van der Waals surface area contributed by atoms with Crippen LogP contribution in [0.5, 0.6) is 0 Å². The summed E-state index contributed by atoms with van der Waals surface area (Å²) < 4.78 is 34.0. The first-order chi connectivity index (χ1) is 15.1. The Morgan fingerprint density at radius 1 is 1.12 bits per heavy atom. The summed E-state index contributed by atoms with van der Waals surface area (Å²) >= 11 is 1.35. The molecule has 2 aliphatic rings. The fourth-order valence-corrected chi connectivity index (χ4v) is 7.01. The van der Waals surface area contributed by atoms with Crippen molar-refractivity contribution in [1.29, 1.82) is 0 Å². The van der Waals surface area contributed by atoms with Gasteiger partial charge in [-0.15, -0.1) is 11.3 Å². The second-order valence-corrected chi connectivity index (χ2v) is 11.7. The van der Waals surface area contributed by atoms with Crippen LogP contribution < -0.4 is 5.32 Å². The van der Waals surface area contributed by atoms with E-state index < -0.39 is 16.2 Å². The third-order valence-corrected chi connectivity index (χ3v) is 9.67. The predicted octanol–water partition coefficient (Wildman–Crippen LogP) is 2.22. The normalized spacial score (nSPS) is 19.3. The van der Waals surface area contributed by atoms with Gasteiger partial charge in [-0.05, 0) is 32.3 Å². The lowest BCUT2D eigenvalue weighted by Gasteiger charge is -2.38. The number of esters is 1. The third kappa shape index (κ3) is 5.51. The summed E-state index contributed by atoms with van der Waals surface area (Å²) in [5.41, 5.74) is 1.20. The minimum absolute atomic E-state index is 0.0827. The highest BCUT2D eigenvalue weighted by Crippen LogP contribution is 2.33. The predicted molar refractivity (Wildman–Crippen MR) is 125 cm³/mol. The van der Waals surface area contributed by atoms with Gasteiger partial charge in [0, 0.05) is 44.1 Å². The van der Waals surface area contributed by atoms with Gasteiger partial charge in [0.25, 0.3) is 10.2 Å². The Labute approximate surface area is 194 Å². The summed E-state index contributed by atoms with van der Waals surface area (Å²) in [5.74, 6) is -0.699. The van der Waals surface area contributed by atoms with Crippen LogP contribution in [0.15, 0.2) is 0 Å². The highest BCUT2D eigenvalue weighted by molar-refractivity contribution is 7.86. The van der Waals surface area contributed by atoms with E-state index in [2.05, 4.69) is 5.32 Å². The van der Waals surface area contributed by atoms with Crippen LogP contribution in [-0.4, -0.2) is 86.7 Å². The number of hydrogen-bond acceptors (Lipinski definition) is 7. The van der Waals surface area contributed by atoms with E-state index in [-0.39, 0.29) is 18.5 Å². The lowest BCUT2D eigenvalue weighted by atomic mass is 9.96. The van der Waals surface area contributed by atoms with Crippen molar-refractivity contribution in [1.82, 2.24) is 13.5 Å². The number of piperazine rings is 1. The number of nitrogens with zero attached hydrogens (tertiary/aromatic N) is 3. The zero-order chi connectivity index (χ0) is 23.5. The van der Waals surface area contributed by atoms with E-state index in [4.69, 9.17) is 4.74 Å². The zero-order valence-electron chi connectivity index (χ0n) is 19.3. The Hall–Kier alpha value is -1.53. The molecule has 1 saturated heterocycles. The summed E-state index contributed by atoms with van der Waals surface area (Å²) in [7, 11) is -0.484. The summed E-state index contributed by atoms with van der Waals surface area (Å²) in [6.45, 7) is 5.55. The number of thiophene rings is 1. The van der Waals surface area contributed by atoms with E-state index in [1.807, 2.05) is 18.7 Å². The smallest absolute Gasteiger partial charge is 0.341 e. The molecule has 0 spiro atoms. The minimum Gasteiger partial charge on any atom is -0.465 e. The summed E-state index contributed by atoms with van der Waals surface area (Å²) in [5, 5.41) is 3.33. The highest BCUT2D eigenvalue weighted by atomic mass is 32.2. The number of methoxy groups -OCH3 is 1. The van der Waals surface area contributed by atoms with Crippen LogP contribution in [0.2, 0.25) is 0 Å². The van der Waals surface area contributed by atoms with Crippen molar-refractivity contribution in [2.24, 2.45) is 0 Å². The fraction of sp³-hybridized carbons (Fsp3) is 0.714. The molecule has 1 aliphatic heterocycles. The molecule has 0 aromatic carbocycles. The SMILES string of the molecule is COC(=O)c1c(NC(=O)CN2CCN(S(=O)(=O)N(C)C3CCCCC3)CC2)sc(C)c1C. The van der Waals surface area contributed by atoms with Gasteiger partial charge in [-0.25, -0.2) is 4.79 Å². The Morgan fingerprint density at radius 3 is 2.34 bits per heavy atom. The van der Waals surface area contributed by atoms with Crippen molar-refractivity contribution in [2.45, 2.75) is 52.0 Å². The van der Waals surface area contributed by atoms with Crippen LogP contribution >= 0.6 is 11.3 Å². The van der Waals surface area contributed by atoms with Gasteiger partial charge in [0.1, 0.15) is 5.00 Å². The Bertz CT molecular complexity index is 932. The molecular weight excluding hydrogens is 452 g/mol. The van der Waals surface area contributed by atoms with Gasteiger partial charge < -0.3 is 10.1 Å². The molecule has 1 amide bonds. The Morgan fingerprint density at radius 2 is 1.75 bits per heavy atom. The molecule has 1 aliphatic carbocycles. The van der Waals surface area contributed by atoms with Gasteiger partial charge in [0.15, 0.2) is 0 Å². The second-order valence-electron chi connectivity index (χ2n) is 8.52. The number of carbonyl (C=O) groups excluding carboxylic acids is 2. The topological polar surface area (TPSA) is 99.3 Å². The molecule has 32 heavy (non-hydrogen) atoms. The first-order valence-electron chi connectivity index (χ1n) is 11.1. The quantitative estimate of drug-likeness (QED) is 0.594. The molecule has 1 saturated carbocycles. The van der Waals surface area contributed by atoms with E-state index >= 15 is 0 Å². The van der Waals surface area contributed by atoms with Gasteiger partial charge in [0.2, 0.25) is 5.91 Å². The van der Waals surface area contributed by atoms with Crippen molar-refractivity contribution in [3.8, 4) is 0 Å². The molecule has 0 unspecified atom stereocenters. The molecule has 0 radical (unpaired) electrons. The fourth-order valence-electron chi connectivity index (χ4n) is 4.37. The van der Waals surface area contributed by atoms with E-state index in [0.29, 0.717) is 36.7 Å². The Kier molecular flexibility index (Phi) is 8.31. The van der Waals surface area contributed by atoms with E-state index in [1.54, 1.807) is 11.4 Å². The molecule has 0 bridgehead atoms. The molecular formula is C21H34N4O5S2. The summed E-state index contributed by atoms with van der Waals surface area (Å²) in [6, 6.07) is 0.0827. The number of carbonyl (C=O) groups is 2. The van der Waals surface area contributed by atoms with Crippen molar-refractivity contribution in [3.63, 3.8) is 0 Å². The van der Waals surface area contributed by atoms with Gasteiger partial charge in [-0.1, -0.05) is 19.3 Å². The van der Waals surface area contributed by atoms with Crippen LogP contribution in [0.4, 0.5) is 5.00 Å². The molecule has 1 aromatic heterocycles. The van der Waals surface area contributed by atoms with Gasteiger partial charge >= 0.3 is 5.97 Å². The molecule has 2 heterocycles. The molecule has 9 nitrogen and oxygen atoms in total. The van der Waals surface area contributed by atoms with Crippen LogP contribution in [0.1, 0.15) is 52.9 Å². The zero-order valence-corrected chi connectivity index (χ0v) is 21.0. The lowest BCUT2D eigenvalue weighted by molar-refractivity contribution is -0.117. The molecule has 3 rings (SSSR count). The van der Waals surface area contributed by atoms with Crippen molar-refractivity contribution in [2.75, 3.05) is 52.2 Å². The number of nitrogens with one attached hydrogen (secondary N) is 1. The number of anilines is 1. The summed E-state index contributed by atoms with van der Waals surface area (Å²) in [6.07, 6.45) is 5.18. The van der Waals surface area contributed by atoms with Crippen LogP contribution in [-0.2, 0) is 19.7 Å². The van der Waals surface area contributed by atoms with E-state index in [0.717, 1.165) is 36.1 Å². The standard InChI is InChI=1S/C21H34N4O5S2/c1-15-16(2)31-20(19(15)21(27)30-4)22-18(26)14-24-10-12-25(13-11-24)32(28,29)23(3)17-8-6-5-7-9-17/h17H,5-14H2,1-4H3,(H,22,26). The molecule has 11 heteroatoms. The van der Waals surface area contributed by atoms with Gasteiger partial charge in [-0.3, -0.25) is 9.69 Å². The molecule has 1 aromatic rings. The number of aryl methyl sites for hydroxylation is 1. The lowest BCUT2D eigenvalue weighted by Crippen LogP contribution is -2.55. The first-order valence-corrected chi connectivity index (χ1v) is 13.3. The van der Waals surface area contributed by atoms with Crippen LogP contribution in [0.3, 0.4) is 0 Å². The average Bonchev–Trinajstić information content (AvgIpc) is 3.06. The maximum Gasteiger partial charge on any atom is 0.341 e. The molecule has 1 N–H and O–H groups in total. The number of rotatable bonds is 7. The van der Waals surface area contributed by atoms with E-state index in [1.165, 1.54) is 29.2 Å². The monoisotopic (exact) mass is 486 g/mol. The number of amides is 1. The second kappa shape index (κ2) is 10.6. The number of hydrogen-bond donors (Lipinski definition) is 1. The maximum atomic E-state index is 13.0. The molecule has 0 atom stereocenters. The van der Waals surface area contributed by atoms with Crippen molar-refractivity contribution in [3.05, 3.63) is 16.0 Å². The third-order valence-electron chi connectivity index (χ3n) is 6.51.